The van der Waals surface area contributed by atoms with Crippen LogP contribution >= 0.6 is 0 Å². The predicted octanol–water partition coefficient (Wildman–Crippen LogP) is 3.52. The second-order valence-corrected chi connectivity index (χ2v) is 12.6. The van der Waals surface area contributed by atoms with Crippen LogP contribution in [-0.4, -0.2) is 81.5 Å². The van der Waals surface area contributed by atoms with Crippen molar-refractivity contribution < 1.29 is 28.6 Å². The Hall–Kier alpha value is -2.69. The summed E-state index contributed by atoms with van der Waals surface area (Å²) in [6.07, 6.45) is 3.19. The second kappa shape index (κ2) is 14.2. The highest BCUT2D eigenvalue weighted by molar-refractivity contribution is 6.04. The minimum Gasteiger partial charge on any atom is -0.476 e. The Labute approximate surface area is 250 Å². The highest BCUT2D eigenvalue weighted by atomic mass is 16.5. The largest absolute Gasteiger partial charge is 0.476 e. The molecule has 3 atom stereocenters. The Morgan fingerprint density at radius 3 is 2.52 bits per heavy atom. The lowest BCUT2D eigenvalue weighted by atomic mass is 9.88. The fourth-order valence-electron chi connectivity index (χ4n) is 5.92. The number of nitrogens with zero attached hydrogens (tertiary/aromatic N) is 2. The molecule has 2 aliphatic heterocycles. The molecular weight excluding hydrogens is 536 g/mol. The summed E-state index contributed by atoms with van der Waals surface area (Å²) in [5.41, 5.74) is 0.408. The molecule has 42 heavy (non-hydrogen) atoms. The van der Waals surface area contributed by atoms with Gasteiger partial charge in [0.25, 0.3) is 5.91 Å². The van der Waals surface area contributed by atoms with Gasteiger partial charge in [-0.25, -0.2) is 0 Å². The second-order valence-electron chi connectivity index (χ2n) is 12.6. The average molecular weight is 587 g/mol. The number of carbonyl (C=O) groups excluding carboxylic acids is 3. The summed E-state index contributed by atoms with van der Waals surface area (Å²) < 4.78 is 17.3. The topological polar surface area (TPSA) is 109 Å². The van der Waals surface area contributed by atoms with Crippen molar-refractivity contribution in [1.82, 2.24) is 10.6 Å². The van der Waals surface area contributed by atoms with E-state index in [1.165, 1.54) is 0 Å². The van der Waals surface area contributed by atoms with Crippen LogP contribution in [-0.2, 0) is 23.9 Å². The zero-order chi connectivity index (χ0) is 30.4. The van der Waals surface area contributed by atoms with Gasteiger partial charge in [-0.15, -0.1) is 0 Å². The van der Waals surface area contributed by atoms with Crippen LogP contribution in [0.25, 0.3) is 0 Å². The molecule has 2 fully saturated rings. The molecule has 3 amide bonds. The molecule has 0 bridgehead atoms. The number of hydrogen-bond acceptors (Lipinski definition) is 7. The van der Waals surface area contributed by atoms with Crippen LogP contribution in [0.4, 0.5) is 11.4 Å². The van der Waals surface area contributed by atoms with Crippen molar-refractivity contribution in [2.24, 2.45) is 17.8 Å². The Bertz CT molecular complexity index is 1100. The van der Waals surface area contributed by atoms with E-state index in [4.69, 9.17) is 14.2 Å². The molecule has 1 saturated carbocycles. The number of fused-ring (bicyclic) bond motifs is 1. The molecule has 1 aromatic rings. The lowest BCUT2D eigenvalue weighted by Gasteiger charge is -2.39. The smallest absolute Gasteiger partial charge is 0.270 e. The van der Waals surface area contributed by atoms with E-state index < -0.39 is 5.60 Å². The SMILES string of the molecule is CCOCCN1C(=O)C(C)(C)Oc2ccc(N(C(=O)[C@H]3CNC[C@@H](C(=O)NC(COCC)CC(C)C)C3)C3CC3)cc21. The molecule has 10 nitrogen and oxygen atoms in total. The van der Waals surface area contributed by atoms with Gasteiger partial charge < -0.3 is 34.6 Å². The normalized spacial score (nSPS) is 22.4. The summed E-state index contributed by atoms with van der Waals surface area (Å²) in [4.78, 5) is 44.3. The lowest BCUT2D eigenvalue weighted by molar-refractivity contribution is -0.133. The first-order chi connectivity index (χ1) is 20.1. The van der Waals surface area contributed by atoms with Gasteiger partial charge in [0.15, 0.2) is 5.60 Å². The van der Waals surface area contributed by atoms with Crippen molar-refractivity contribution in [1.29, 1.82) is 0 Å². The number of rotatable bonds is 14. The van der Waals surface area contributed by atoms with Crippen molar-refractivity contribution in [3.63, 3.8) is 0 Å². The third-order valence-electron chi connectivity index (χ3n) is 8.15. The van der Waals surface area contributed by atoms with Crippen LogP contribution in [0, 0.1) is 17.8 Å². The molecule has 0 aromatic heterocycles. The molecule has 1 saturated heterocycles. The standard InChI is InChI=1S/C32H50N4O6/c1-7-40-14-13-35-27-17-26(11-12-28(27)42-32(5,6)31(35)39)36(25-9-10-25)30(38)23-16-22(18-33-19-23)29(37)34-24(15-21(3)4)20-41-8-2/h11-12,17,21-25,33H,7-10,13-16,18-20H2,1-6H3,(H,34,37)/t22-,23+,24?/m0/s1. The van der Waals surface area contributed by atoms with Crippen LogP contribution in [0.5, 0.6) is 5.75 Å². The van der Waals surface area contributed by atoms with Gasteiger partial charge in [0, 0.05) is 44.6 Å². The molecule has 4 rings (SSSR count). The number of benzene rings is 1. The first-order valence-corrected chi connectivity index (χ1v) is 15.7. The van der Waals surface area contributed by atoms with Gasteiger partial charge in [-0.2, -0.15) is 0 Å². The minimum absolute atomic E-state index is 0.0137. The molecule has 2 heterocycles. The number of carbonyl (C=O) groups is 3. The molecular formula is C32H50N4O6. The summed E-state index contributed by atoms with van der Waals surface area (Å²) >= 11 is 0. The van der Waals surface area contributed by atoms with Crippen LogP contribution < -0.4 is 25.2 Å². The van der Waals surface area contributed by atoms with E-state index in [1.807, 2.05) is 36.9 Å². The van der Waals surface area contributed by atoms with E-state index in [-0.39, 0.29) is 41.6 Å². The average Bonchev–Trinajstić information content (AvgIpc) is 3.79. The molecule has 10 heteroatoms. The Kier molecular flexibility index (Phi) is 10.9. The van der Waals surface area contributed by atoms with Crippen molar-refractivity contribution in [2.75, 3.05) is 55.9 Å². The van der Waals surface area contributed by atoms with E-state index in [0.29, 0.717) is 69.8 Å². The summed E-state index contributed by atoms with van der Waals surface area (Å²) in [5.74, 6) is 0.271. The Balaban J connectivity index is 1.51. The van der Waals surface area contributed by atoms with Crippen LogP contribution in [0.1, 0.15) is 67.2 Å². The number of amides is 3. The summed E-state index contributed by atoms with van der Waals surface area (Å²) in [6, 6.07) is 5.73. The lowest BCUT2D eigenvalue weighted by Crippen LogP contribution is -2.53. The predicted molar refractivity (Wildman–Crippen MR) is 163 cm³/mol. The molecule has 234 valence electrons. The first kappa shape index (κ1) is 32.2. The maximum Gasteiger partial charge on any atom is 0.270 e. The van der Waals surface area contributed by atoms with E-state index in [2.05, 4.69) is 24.5 Å². The zero-order valence-electron chi connectivity index (χ0n) is 26.2. The summed E-state index contributed by atoms with van der Waals surface area (Å²) in [5, 5.41) is 6.53. The maximum atomic E-state index is 14.1. The fourth-order valence-corrected chi connectivity index (χ4v) is 5.92. The van der Waals surface area contributed by atoms with Gasteiger partial charge in [-0.05, 0) is 77.5 Å². The van der Waals surface area contributed by atoms with E-state index in [9.17, 15) is 14.4 Å². The quantitative estimate of drug-likeness (QED) is 0.321. The molecule has 0 spiro atoms. The molecule has 3 aliphatic rings. The highest BCUT2D eigenvalue weighted by Gasteiger charge is 2.43. The number of anilines is 2. The fraction of sp³-hybridized carbons (Fsp3) is 0.719. The van der Waals surface area contributed by atoms with Crippen LogP contribution in [0.15, 0.2) is 18.2 Å². The molecule has 2 N–H and O–H groups in total. The molecule has 0 radical (unpaired) electrons. The van der Waals surface area contributed by atoms with Gasteiger partial charge >= 0.3 is 0 Å². The first-order valence-electron chi connectivity index (χ1n) is 15.7. The Morgan fingerprint density at radius 2 is 1.86 bits per heavy atom. The third kappa shape index (κ3) is 7.82. The van der Waals surface area contributed by atoms with Crippen molar-refractivity contribution in [3.8, 4) is 5.75 Å². The van der Waals surface area contributed by atoms with Gasteiger partial charge in [-0.1, -0.05) is 13.8 Å². The van der Waals surface area contributed by atoms with E-state index in [0.717, 1.165) is 24.9 Å². The summed E-state index contributed by atoms with van der Waals surface area (Å²) in [6.45, 7) is 15.2. The number of ether oxygens (including phenoxy) is 3. The molecule has 1 aromatic carbocycles. The van der Waals surface area contributed by atoms with E-state index >= 15 is 0 Å². The van der Waals surface area contributed by atoms with Gasteiger partial charge in [0.05, 0.1) is 36.8 Å². The van der Waals surface area contributed by atoms with Gasteiger partial charge in [0.1, 0.15) is 5.75 Å². The third-order valence-corrected chi connectivity index (χ3v) is 8.15. The van der Waals surface area contributed by atoms with E-state index in [1.54, 1.807) is 18.7 Å². The zero-order valence-corrected chi connectivity index (χ0v) is 26.2. The number of nitrogens with one attached hydrogen (secondary N) is 2. The number of piperidine rings is 1. The number of hydrogen-bond donors (Lipinski definition) is 2. The minimum atomic E-state index is -0.993. The van der Waals surface area contributed by atoms with Crippen molar-refractivity contribution in [3.05, 3.63) is 18.2 Å². The highest BCUT2D eigenvalue weighted by Crippen LogP contribution is 2.42. The van der Waals surface area contributed by atoms with Crippen LogP contribution in [0.3, 0.4) is 0 Å². The van der Waals surface area contributed by atoms with Gasteiger partial charge in [-0.3, -0.25) is 14.4 Å². The van der Waals surface area contributed by atoms with Gasteiger partial charge in [0.2, 0.25) is 11.8 Å². The van der Waals surface area contributed by atoms with Crippen molar-refractivity contribution >= 4 is 29.1 Å². The van der Waals surface area contributed by atoms with Crippen LogP contribution in [0.2, 0.25) is 0 Å². The molecule has 1 aliphatic carbocycles. The maximum absolute atomic E-state index is 14.1. The summed E-state index contributed by atoms with van der Waals surface area (Å²) in [7, 11) is 0. The monoisotopic (exact) mass is 586 g/mol. The molecule has 1 unspecified atom stereocenters. The Morgan fingerprint density at radius 1 is 1.14 bits per heavy atom. The van der Waals surface area contributed by atoms with Crippen molar-refractivity contribution in [2.45, 2.75) is 84.9 Å².